The molecular weight excluding hydrogens is 436 g/mol. The molecule has 0 saturated carbocycles. The van der Waals surface area contributed by atoms with Crippen LogP contribution < -0.4 is 24.2 Å². The van der Waals surface area contributed by atoms with E-state index >= 15 is 0 Å². The lowest BCUT2D eigenvalue weighted by Gasteiger charge is -2.13. The molecule has 2 rings (SSSR count). The van der Waals surface area contributed by atoms with Crippen molar-refractivity contribution in [2.24, 2.45) is 0 Å². The highest BCUT2D eigenvalue weighted by atomic mass is 35.5. The van der Waals surface area contributed by atoms with Crippen molar-refractivity contribution in [3.8, 4) is 17.2 Å². The van der Waals surface area contributed by atoms with Crippen molar-refractivity contribution < 1.29 is 32.2 Å². The quantitative estimate of drug-likeness (QED) is 0.497. The van der Waals surface area contributed by atoms with Crippen LogP contribution in [0.1, 0.15) is 0 Å². The van der Waals surface area contributed by atoms with Crippen LogP contribution in [0.2, 0.25) is 5.02 Å². The average molecular weight is 459 g/mol. The number of hydrogen-bond acceptors (Lipinski definition) is 7. The van der Waals surface area contributed by atoms with Crippen LogP contribution in [-0.2, 0) is 19.6 Å². The molecule has 0 atom stereocenters. The van der Waals surface area contributed by atoms with Gasteiger partial charge in [0, 0.05) is 19.7 Å². The zero-order chi connectivity index (χ0) is 22.1. The fourth-order valence-corrected chi connectivity index (χ4v) is 3.70. The lowest BCUT2D eigenvalue weighted by Crippen LogP contribution is -2.27. The highest BCUT2D eigenvalue weighted by molar-refractivity contribution is 7.89. The van der Waals surface area contributed by atoms with Gasteiger partial charge in [-0.15, -0.1) is 0 Å². The van der Waals surface area contributed by atoms with E-state index in [4.69, 9.17) is 30.5 Å². The largest absolute Gasteiger partial charge is 0.497 e. The maximum absolute atomic E-state index is 12.2. The van der Waals surface area contributed by atoms with E-state index in [0.717, 1.165) is 0 Å². The smallest absolute Gasteiger partial charge is 0.262 e. The van der Waals surface area contributed by atoms with Crippen molar-refractivity contribution in [1.29, 1.82) is 0 Å². The number of methoxy groups -OCH3 is 3. The highest BCUT2D eigenvalue weighted by Gasteiger charge is 2.16. The molecule has 2 N–H and O–H groups in total. The van der Waals surface area contributed by atoms with Crippen LogP contribution in [0.25, 0.3) is 0 Å². The van der Waals surface area contributed by atoms with E-state index in [9.17, 15) is 13.2 Å². The van der Waals surface area contributed by atoms with Gasteiger partial charge in [-0.3, -0.25) is 4.79 Å². The van der Waals surface area contributed by atoms with E-state index in [2.05, 4.69) is 10.0 Å². The van der Waals surface area contributed by atoms with Gasteiger partial charge in [-0.2, -0.15) is 0 Å². The first-order chi connectivity index (χ1) is 14.3. The number of ether oxygens (including phenoxy) is 4. The maximum Gasteiger partial charge on any atom is 0.262 e. The van der Waals surface area contributed by atoms with Gasteiger partial charge in [0.2, 0.25) is 10.0 Å². The number of nitrogens with one attached hydrogen (secondary N) is 2. The molecule has 0 unspecified atom stereocenters. The van der Waals surface area contributed by atoms with Gasteiger partial charge in [0.1, 0.15) is 17.2 Å². The van der Waals surface area contributed by atoms with Crippen LogP contribution in [0.4, 0.5) is 5.69 Å². The minimum absolute atomic E-state index is 0.0247. The Bertz CT molecular complexity index is 983. The van der Waals surface area contributed by atoms with E-state index < -0.39 is 15.9 Å². The summed E-state index contributed by atoms with van der Waals surface area (Å²) >= 11 is 6.11. The maximum atomic E-state index is 12.2. The molecule has 9 nitrogen and oxygen atoms in total. The molecule has 0 aliphatic heterocycles. The minimum Gasteiger partial charge on any atom is -0.497 e. The number of carbonyl (C=O) groups excluding carboxylic acids is 1. The van der Waals surface area contributed by atoms with Gasteiger partial charge >= 0.3 is 0 Å². The summed E-state index contributed by atoms with van der Waals surface area (Å²) in [7, 11) is 0.737. The number of halogens is 1. The zero-order valence-electron chi connectivity index (χ0n) is 16.7. The highest BCUT2D eigenvalue weighted by Crippen LogP contribution is 2.30. The summed E-state index contributed by atoms with van der Waals surface area (Å²) in [6.07, 6.45) is 0. The van der Waals surface area contributed by atoms with Gasteiger partial charge in [0.05, 0.1) is 36.4 Å². The van der Waals surface area contributed by atoms with Gasteiger partial charge in [-0.25, -0.2) is 13.1 Å². The van der Waals surface area contributed by atoms with Gasteiger partial charge in [0.25, 0.3) is 5.91 Å². The second kappa shape index (κ2) is 11.0. The van der Waals surface area contributed by atoms with Crippen molar-refractivity contribution in [3.05, 3.63) is 41.4 Å². The monoisotopic (exact) mass is 458 g/mol. The van der Waals surface area contributed by atoms with Gasteiger partial charge < -0.3 is 24.3 Å². The second-order valence-corrected chi connectivity index (χ2v) is 8.06. The standard InChI is InChI=1S/C19H23ClN2O7S/c1-26-9-8-21-30(24,25)14-5-7-17(15(20)11-14)29-12-19(23)22-16-6-4-13(27-2)10-18(16)28-3/h4-7,10-11,21H,8-9,12H2,1-3H3,(H,22,23). The SMILES string of the molecule is COCCNS(=O)(=O)c1ccc(OCC(=O)Nc2ccc(OC)cc2OC)c(Cl)c1. The molecule has 164 valence electrons. The van der Waals surface area contributed by atoms with Crippen molar-refractivity contribution >= 4 is 33.2 Å². The van der Waals surface area contributed by atoms with Crippen molar-refractivity contribution in [3.63, 3.8) is 0 Å². The number of carbonyl (C=O) groups is 1. The van der Waals surface area contributed by atoms with E-state index in [1.165, 1.54) is 39.5 Å². The summed E-state index contributed by atoms with van der Waals surface area (Å²) in [5.41, 5.74) is 0.446. The molecule has 0 radical (unpaired) electrons. The molecule has 0 aliphatic rings. The summed E-state index contributed by atoms with van der Waals surface area (Å²) in [5.74, 6) is 0.729. The minimum atomic E-state index is -3.73. The first-order valence-electron chi connectivity index (χ1n) is 8.73. The lowest BCUT2D eigenvalue weighted by molar-refractivity contribution is -0.118. The summed E-state index contributed by atoms with van der Waals surface area (Å²) in [5, 5.41) is 2.72. The molecule has 0 spiro atoms. The Hall–Kier alpha value is -2.53. The molecule has 0 aromatic heterocycles. The summed E-state index contributed by atoms with van der Waals surface area (Å²) in [6, 6.07) is 8.91. The molecule has 0 heterocycles. The molecule has 1 amide bonds. The van der Waals surface area contributed by atoms with E-state index in [-0.39, 0.29) is 35.4 Å². The van der Waals surface area contributed by atoms with Crippen molar-refractivity contribution in [2.75, 3.05) is 46.4 Å². The molecule has 30 heavy (non-hydrogen) atoms. The van der Waals surface area contributed by atoms with E-state index in [1.54, 1.807) is 18.2 Å². The molecule has 0 saturated heterocycles. The summed E-state index contributed by atoms with van der Waals surface area (Å²) in [4.78, 5) is 12.2. The first kappa shape index (κ1) is 23.7. The Morgan fingerprint density at radius 3 is 2.43 bits per heavy atom. The number of sulfonamides is 1. The average Bonchev–Trinajstić information content (AvgIpc) is 2.73. The first-order valence-corrected chi connectivity index (χ1v) is 10.6. The summed E-state index contributed by atoms with van der Waals surface area (Å²) < 4.78 is 47.3. The molecule has 0 fully saturated rings. The number of rotatable bonds is 11. The number of amides is 1. The Kier molecular flexibility index (Phi) is 8.72. The Morgan fingerprint density at radius 2 is 1.80 bits per heavy atom. The van der Waals surface area contributed by atoms with Gasteiger partial charge in [-0.1, -0.05) is 11.6 Å². The third-order valence-electron chi connectivity index (χ3n) is 3.85. The third kappa shape index (κ3) is 6.49. The molecule has 2 aromatic rings. The molecule has 0 bridgehead atoms. The number of hydrogen-bond donors (Lipinski definition) is 2. The summed E-state index contributed by atoms with van der Waals surface area (Å²) in [6.45, 7) is 0.0268. The van der Waals surface area contributed by atoms with Crippen LogP contribution in [-0.4, -0.2) is 55.4 Å². The molecule has 11 heteroatoms. The fraction of sp³-hybridized carbons (Fsp3) is 0.316. The van der Waals surface area contributed by atoms with E-state index in [1.807, 2.05) is 0 Å². The van der Waals surface area contributed by atoms with E-state index in [0.29, 0.717) is 17.2 Å². The van der Waals surface area contributed by atoms with Gasteiger partial charge in [0.15, 0.2) is 6.61 Å². The van der Waals surface area contributed by atoms with Crippen LogP contribution in [0.15, 0.2) is 41.3 Å². The van der Waals surface area contributed by atoms with Gasteiger partial charge in [-0.05, 0) is 30.3 Å². The molecule has 2 aromatic carbocycles. The van der Waals surface area contributed by atoms with Crippen LogP contribution in [0.3, 0.4) is 0 Å². The van der Waals surface area contributed by atoms with Crippen LogP contribution in [0.5, 0.6) is 17.2 Å². The van der Waals surface area contributed by atoms with Crippen molar-refractivity contribution in [2.45, 2.75) is 4.90 Å². The third-order valence-corrected chi connectivity index (χ3v) is 5.61. The van der Waals surface area contributed by atoms with Crippen LogP contribution >= 0.6 is 11.6 Å². The topological polar surface area (TPSA) is 112 Å². The normalized spacial score (nSPS) is 11.1. The molecular formula is C19H23ClN2O7S. The van der Waals surface area contributed by atoms with Crippen LogP contribution in [0, 0.1) is 0 Å². The predicted molar refractivity (Wildman–Crippen MR) is 112 cm³/mol. The Balaban J connectivity index is 2.00. The number of anilines is 1. The fourth-order valence-electron chi connectivity index (χ4n) is 2.36. The second-order valence-electron chi connectivity index (χ2n) is 5.89. The Labute approximate surface area is 180 Å². The predicted octanol–water partition coefficient (Wildman–Crippen LogP) is 2.30. The Morgan fingerprint density at radius 1 is 1.03 bits per heavy atom. The zero-order valence-corrected chi connectivity index (χ0v) is 18.3. The number of benzene rings is 2. The van der Waals surface area contributed by atoms with Crippen molar-refractivity contribution in [1.82, 2.24) is 4.72 Å². The molecule has 0 aliphatic carbocycles. The lowest BCUT2D eigenvalue weighted by atomic mass is 10.2.